The number of fused-ring (bicyclic) bond motifs is 1. The molecule has 2 aromatic heterocycles. The van der Waals surface area contributed by atoms with Gasteiger partial charge in [0, 0.05) is 17.1 Å². The molecule has 130 valence electrons. The van der Waals surface area contributed by atoms with Crippen molar-refractivity contribution in [3.8, 4) is 10.8 Å². The summed E-state index contributed by atoms with van der Waals surface area (Å²) in [5.41, 5.74) is 0. The normalized spacial score (nSPS) is 12.1. The van der Waals surface area contributed by atoms with Crippen molar-refractivity contribution in [3.63, 3.8) is 0 Å². The number of hydrogen-bond acceptors (Lipinski definition) is 7. The van der Waals surface area contributed by atoms with E-state index in [2.05, 4.69) is 20.8 Å². The molecular weight excluding hydrogens is 384 g/mol. The Balaban J connectivity index is 1.77. The molecule has 0 aliphatic rings. The molecule has 1 aromatic carbocycles. The van der Waals surface area contributed by atoms with Crippen molar-refractivity contribution in [2.75, 3.05) is 7.05 Å². The Bertz CT molecular complexity index is 940. The van der Waals surface area contributed by atoms with Crippen molar-refractivity contribution >= 4 is 56.7 Å². The van der Waals surface area contributed by atoms with E-state index in [1.165, 1.54) is 18.4 Å². The molecule has 0 fully saturated rings. The minimum atomic E-state index is -0.580. The van der Waals surface area contributed by atoms with Gasteiger partial charge in [-0.1, -0.05) is 41.6 Å². The van der Waals surface area contributed by atoms with Crippen LogP contribution < -0.4 is 10.6 Å². The molecule has 0 unspecified atom stereocenters. The topological polar surface area (TPSA) is 97.1 Å². The second kappa shape index (κ2) is 7.42. The predicted molar refractivity (Wildman–Crippen MR) is 98.0 cm³/mol. The SMILES string of the molecule is CNC(=O)NC(=O)[C@H](C)Sc1nnc(-c2sc3ccccc3c2Cl)o1. The van der Waals surface area contributed by atoms with Crippen LogP contribution in [-0.2, 0) is 4.79 Å². The maximum absolute atomic E-state index is 11.9. The predicted octanol–water partition coefficient (Wildman–Crippen LogP) is 3.54. The summed E-state index contributed by atoms with van der Waals surface area (Å²) in [5, 5.41) is 13.6. The molecule has 2 heterocycles. The quantitative estimate of drug-likeness (QED) is 0.654. The first kappa shape index (κ1) is 17.7. The highest BCUT2D eigenvalue weighted by Gasteiger charge is 2.22. The molecule has 1 atom stereocenters. The van der Waals surface area contributed by atoms with Gasteiger partial charge < -0.3 is 9.73 Å². The Labute approximate surface area is 156 Å². The first-order valence-corrected chi connectivity index (χ1v) is 9.27. The number of nitrogens with one attached hydrogen (secondary N) is 2. The van der Waals surface area contributed by atoms with Crippen LogP contribution in [0.25, 0.3) is 20.9 Å². The molecule has 25 heavy (non-hydrogen) atoms. The maximum atomic E-state index is 11.9. The second-order valence-electron chi connectivity index (χ2n) is 4.94. The lowest BCUT2D eigenvalue weighted by Gasteiger charge is -2.07. The van der Waals surface area contributed by atoms with E-state index in [1.54, 1.807) is 6.92 Å². The Morgan fingerprint density at radius 1 is 1.32 bits per heavy atom. The van der Waals surface area contributed by atoms with Crippen molar-refractivity contribution < 1.29 is 14.0 Å². The summed E-state index contributed by atoms with van der Waals surface area (Å²) in [4.78, 5) is 23.7. The van der Waals surface area contributed by atoms with E-state index in [1.807, 2.05) is 24.3 Å². The van der Waals surface area contributed by atoms with Crippen LogP contribution in [0.4, 0.5) is 4.79 Å². The fourth-order valence-electron chi connectivity index (χ4n) is 1.98. The molecule has 0 aliphatic heterocycles. The van der Waals surface area contributed by atoms with Gasteiger partial charge in [0.1, 0.15) is 4.88 Å². The Morgan fingerprint density at radius 3 is 2.80 bits per heavy atom. The molecule has 10 heteroatoms. The van der Waals surface area contributed by atoms with E-state index >= 15 is 0 Å². The van der Waals surface area contributed by atoms with E-state index in [9.17, 15) is 9.59 Å². The van der Waals surface area contributed by atoms with E-state index in [4.69, 9.17) is 16.0 Å². The number of benzene rings is 1. The van der Waals surface area contributed by atoms with E-state index in [-0.39, 0.29) is 5.22 Å². The van der Waals surface area contributed by atoms with Crippen LogP contribution in [0.5, 0.6) is 0 Å². The van der Waals surface area contributed by atoms with Crippen molar-refractivity contribution in [3.05, 3.63) is 29.3 Å². The molecule has 0 aliphatic carbocycles. The number of imide groups is 1. The fourth-order valence-corrected chi connectivity index (χ4v) is 4.10. The zero-order valence-electron chi connectivity index (χ0n) is 13.2. The largest absolute Gasteiger partial charge is 0.410 e. The van der Waals surface area contributed by atoms with Crippen molar-refractivity contribution in [1.82, 2.24) is 20.8 Å². The van der Waals surface area contributed by atoms with Crippen molar-refractivity contribution in [2.45, 2.75) is 17.4 Å². The van der Waals surface area contributed by atoms with Gasteiger partial charge in [-0.2, -0.15) is 0 Å². The number of rotatable bonds is 4. The molecule has 0 saturated carbocycles. The van der Waals surface area contributed by atoms with Crippen LogP contribution >= 0.6 is 34.7 Å². The number of thioether (sulfide) groups is 1. The number of carbonyl (C=O) groups is 2. The standard InChI is InChI=1S/C15H13ClN4O3S2/c1-7(12(21)18-14(22)17-2)24-15-20-19-13(23-15)11-10(16)8-5-3-4-6-9(8)25-11/h3-7H,1-2H3,(H2,17,18,21,22)/t7-/m0/s1. The van der Waals surface area contributed by atoms with E-state index < -0.39 is 17.2 Å². The smallest absolute Gasteiger partial charge is 0.321 e. The first-order chi connectivity index (χ1) is 12.0. The number of amides is 3. The van der Waals surface area contributed by atoms with Gasteiger partial charge in [-0.3, -0.25) is 10.1 Å². The number of thiophene rings is 1. The third-order valence-corrected chi connectivity index (χ3v) is 5.84. The third kappa shape index (κ3) is 3.78. The molecule has 3 rings (SSSR count). The number of carbonyl (C=O) groups excluding carboxylic acids is 2. The van der Waals surface area contributed by atoms with Gasteiger partial charge in [0.15, 0.2) is 0 Å². The highest BCUT2D eigenvalue weighted by Crippen LogP contribution is 2.41. The van der Waals surface area contributed by atoms with Gasteiger partial charge in [-0.15, -0.1) is 21.5 Å². The average Bonchev–Trinajstić information content (AvgIpc) is 3.19. The van der Waals surface area contributed by atoms with Crippen LogP contribution in [-0.4, -0.2) is 34.4 Å². The van der Waals surface area contributed by atoms with Gasteiger partial charge in [0.05, 0.1) is 10.3 Å². The van der Waals surface area contributed by atoms with Crippen LogP contribution in [0.1, 0.15) is 6.92 Å². The number of nitrogens with zero attached hydrogens (tertiary/aromatic N) is 2. The van der Waals surface area contributed by atoms with E-state index in [0.29, 0.717) is 15.8 Å². The molecule has 0 radical (unpaired) electrons. The summed E-state index contributed by atoms with van der Waals surface area (Å²) < 4.78 is 6.64. The summed E-state index contributed by atoms with van der Waals surface area (Å²) in [6.07, 6.45) is 0. The lowest BCUT2D eigenvalue weighted by Crippen LogP contribution is -2.41. The summed E-state index contributed by atoms with van der Waals surface area (Å²) in [6.45, 7) is 1.64. The zero-order chi connectivity index (χ0) is 18.0. The van der Waals surface area contributed by atoms with Crippen LogP contribution in [0, 0.1) is 0 Å². The van der Waals surface area contributed by atoms with Crippen LogP contribution in [0.3, 0.4) is 0 Å². The highest BCUT2D eigenvalue weighted by molar-refractivity contribution is 8.00. The summed E-state index contributed by atoms with van der Waals surface area (Å²) in [5.74, 6) is -0.156. The molecule has 0 saturated heterocycles. The van der Waals surface area contributed by atoms with Gasteiger partial charge in [0.2, 0.25) is 5.91 Å². The minimum absolute atomic E-state index is 0.225. The number of urea groups is 1. The average molecular weight is 397 g/mol. The first-order valence-electron chi connectivity index (χ1n) is 7.19. The molecular formula is C15H13ClN4O3S2. The number of aromatic nitrogens is 2. The lowest BCUT2D eigenvalue weighted by atomic mass is 10.2. The fraction of sp³-hybridized carbons (Fsp3) is 0.200. The highest BCUT2D eigenvalue weighted by atomic mass is 35.5. The summed E-state index contributed by atoms with van der Waals surface area (Å²) in [6, 6.07) is 7.16. The van der Waals surface area contributed by atoms with E-state index in [0.717, 1.165) is 21.8 Å². The van der Waals surface area contributed by atoms with Gasteiger partial charge in [-0.25, -0.2) is 4.79 Å². The monoisotopic (exact) mass is 396 g/mol. The number of halogens is 1. The summed E-state index contributed by atoms with van der Waals surface area (Å²) >= 11 is 8.92. The molecule has 0 bridgehead atoms. The minimum Gasteiger partial charge on any atom is -0.410 e. The third-order valence-electron chi connectivity index (χ3n) is 3.25. The lowest BCUT2D eigenvalue weighted by molar-refractivity contribution is -0.119. The summed E-state index contributed by atoms with van der Waals surface area (Å²) in [7, 11) is 1.43. The van der Waals surface area contributed by atoms with Crippen LogP contribution in [0.15, 0.2) is 33.9 Å². The van der Waals surface area contributed by atoms with Crippen molar-refractivity contribution in [1.29, 1.82) is 0 Å². The van der Waals surface area contributed by atoms with Crippen LogP contribution in [0.2, 0.25) is 5.02 Å². The van der Waals surface area contributed by atoms with Gasteiger partial charge in [0.25, 0.3) is 11.1 Å². The maximum Gasteiger partial charge on any atom is 0.321 e. The van der Waals surface area contributed by atoms with Gasteiger partial charge >= 0.3 is 6.03 Å². The number of hydrogen-bond donors (Lipinski definition) is 2. The molecule has 3 amide bonds. The zero-order valence-corrected chi connectivity index (χ0v) is 15.6. The molecule has 0 spiro atoms. The molecule has 2 N–H and O–H groups in total. The van der Waals surface area contributed by atoms with Gasteiger partial charge in [-0.05, 0) is 13.0 Å². The second-order valence-corrected chi connectivity index (χ2v) is 7.67. The molecule has 7 nitrogen and oxygen atoms in total. The van der Waals surface area contributed by atoms with Crippen molar-refractivity contribution in [2.24, 2.45) is 0 Å². The Kier molecular flexibility index (Phi) is 5.26. The Morgan fingerprint density at radius 2 is 2.08 bits per heavy atom. The molecule has 3 aromatic rings. The Hall–Kier alpha value is -2.10.